The fraction of sp³-hybridized carbons (Fsp3) is 1.00. The topological polar surface area (TPSA) is 74.5 Å². The molecule has 0 aromatic carbocycles. The van der Waals surface area contributed by atoms with Crippen LogP contribution in [-0.4, -0.2) is 53.8 Å². The highest BCUT2D eigenvalue weighted by Gasteiger charge is 2.41. The molecule has 0 bridgehead atoms. The van der Waals surface area contributed by atoms with Crippen molar-refractivity contribution in [3.05, 3.63) is 0 Å². The number of hydrogen-bond acceptors (Lipinski definition) is 4. The standard InChI is InChI=1S/C6H11N2O3S2/c9-12-3-2-8(5-12)6-7-1-4-13(6,10)11/h6H,1-5H2. The van der Waals surface area contributed by atoms with Gasteiger partial charge in [-0.3, -0.25) is 0 Å². The number of hydrogen-bond donors (Lipinski definition) is 0. The van der Waals surface area contributed by atoms with Crippen LogP contribution >= 0.6 is 0 Å². The average molecular weight is 223 g/mol. The smallest absolute Gasteiger partial charge is 0.184 e. The van der Waals surface area contributed by atoms with E-state index in [4.69, 9.17) is 0 Å². The second-order valence-electron chi connectivity index (χ2n) is 3.18. The summed E-state index contributed by atoms with van der Waals surface area (Å²) in [4.78, 5) is 1.69. The first kappa shape index (κ1) is 9.72. The molecule has 75 valence electrons. The van der Waals surface area contributed by atoms with Crippen LogP contribution in [-0.2, 0) is 21.0 Å². The monoisotopic (exact) mass is 223 g/mol. The molecule has 0 aromatic heterocycles. The molecule has 2 aliphatic heterocycles. The summed E-state index contributed by atoms with van der Waals surface area (Å²) in [7, 11) is -3.07. The van der Waals surface area contributed by atoms with E-state index < -0.39 is 26.5 Å². The zero-order valence-corrected chi connectivity index (χ0v) is 8.68. The molecule has 0 N–H and O–H groups in total. The summed E-state index contributed by atoms with van der Waals surface area (Å²) >= 11 is -0.881. The minimum absolute atomic E-state index is 0.140. The summed E-state index contributed by atoms with van der Waals surface area (Å²) < 4.78 is 33.9. The molecule has 0 saturated carbocycles. The Morgan fingerprint density at radius 3 is 2.77 bits per heavy atom. The van der Waals surface area contributed by atoms with Gasteiger partial charge in [-0.1, -0.05) is 0 Å². The predicted octanol–water partition coefficient (Wildman–Crippen LogP) is -1.68. The quantitative estimate of drug-likeness (QED) is 0.498. The Morgan fingerprint density at radius 2 is 2.31 bits per heavy atom. The van der Waals surface area contributed by atoms with E-state index in [1.54, 1.807) is 4.90 Å². The van der Waals surface area contributed by atoms with Gasteiger partial charge in [0.15, 0.2) is 21.2 Å². The third-order valence-electron chi connectivity index (χ3n) is 2.21. The van der Waals surface area contributed by atoms with Crippen LogP contribution < -0.4 is 5.32 Å². The highest BCUT2D eigenvalue weighted by molar-refractivity contribution is 7.92. The third-order valence-corrected chi connectivity index (χ3v) is 5.31. The van der Waals surface area contributed by atoms with E-state index >= 15 is 0 Å². The van der Waals surface area contributed by atoms with Gasteiger partial charge in [0.25, 0.3) is 0 Å². The lowest BCUT2D eigenvalue weighted by atomic mass is 10.6. The molecule has 0 spiro atoms. The van der Waals surface area contributed by atoms with Gasteiger partial charge in [-0.25, -0.2) is 18.6 Å². The zero-order valence-electron chi connectivity index (χ0n) is 7.05. The van der Waals surface area contributed by atoms with Gasteiger partial charge in [-0.05, 0) is 11.2 Å². The lowest BCUT2D eigenvalue weighted by Crippen LogP contribution is -2.41. The van der Waals surface area contributed by atoms with Crippen molar-refractivity contribution in [1.29, 1.82) is 0 Å². The van der Waals surface area contributed by atoms with Gasteiger partial charge in [0, 0.05) is 6.54 Å². The molecule has 0 aliphatic carbocycles. The van der Waals surface area contributed by atoms with Crippen LogP contribution in [0, 0.1) is 0 Å². The van der Waals surface area contributed by atoms with E-state index in [1.165, 1.54) is 0 Å². The van der Waals surface area contributed by atoms with Crippen molar-refractivity contribution in [2.75, 3.05) is 30.5 Å². The Hall–Kier alpha value is 0.180. The van der Waals surface area contributed by atoms with E-state index in [1.807, 2.05) is 0 Å². The normalized spacial score (nSPS) is 39.8. The summed E-state index contributed by atoms with van der Waals surface area (Å²) in [5.74, 6) is 1.07. The van der Waals surface area contributed by atoms with Crippen molar-refractivity contribution in [2.24, 2.45) is 0 Å². The van der Waals surface area contributed by atoms with Crippen molar-refractivity contribution in [1.82, 2.24) is 10.2 Å². The average Bonchev–Trinajstić information content (AvgIpc) is 2.56. The van der Waals surface area contributed by atoms with Gasteiger partial charge >= 0.3 is 0 Å². The third kappa shape index (κ3) is 1.84. The van der Waals surface area contributed by atoms with Crippen LogP contribution in [0.4, 0.5) is 0 Å². The molecule has 5 nitrogen and oxygen atoms in total. The molecule has 1 radical (unpaired) electrons. The molecule has 2 aliphatic rings. The van der Waals surface area contributed by atoms with Crippen LogP contribution in [0.1, 0.15) is 0 Å². The van der Waals surface area contributed by atoms with Crippen molar-refractivity contribution in [2.45, 2.75) is 5.50 Å². The summed E-state index contributed by atoms with van der Waals surface area (Å²) in [5, 5.41) is 4.01. The largest absolute Gasteiger partial charge is 0.615 e. The molecule has 2 fully saturated rings. The minimum Gasteiger partial charge on any atom is -0.615 e. The summed E-state index contributed by atoms with van der Waals surface area (Å²) in [5.41, 5.74) is -0.709. The van der Waals surface area contributed by atoms with Crippen molar-refractivity contribution in [3.8, 4) is 0 Å². The van der Waals surface area contributed by atoms with Gasteiger partial charge in [0.2, 0.25) is 0 Å². The fourth-order valence-electron chi connectivity index (χ4n) is 1.56. The van der Waals surface area contributed by atoms with Crippen LogP contribution in [0.25, 0.3) is 0 Å². The Balaban J connectivity index is 2.09. The second kappa shape index (κ2) is 3.39. The van der Waals surface area contributed by atoms with Gasteiger partial charge in [0.05, 0.1) is 12.3 Å². The van der Waals surface area contributed by atoms with Crippen LogP contribution in [0.15, 0.2) is 0 Å². The van der Waals surface area contributed by atoms with E-state index in [-0.39, 0.29) is 5.75 Å². The second-order valence-corrected chi connectivity index (χ2v) is 6.89. The van der Waals surface area contributed by atoms with Gasteiger partial charge in [-0.2, -0.15) is 0 Å². The Bertz CT molecular complexity index is 292. The first-order chi connectivity index (χ1) is 6.09. The number of rotatable bonds is 1. The molecule has 2 rings (SSSR count). The first-order valence-corrected chi connectivity index (χ1v) is 7.27. The molecule has 0 aromatic rings. The minimum atomic E-state index is -3.07. The Morgan fingerprint density at radius 1 is 1.54 bits per heavy atom. The highest BCUT2D eigenvalue weighted by atomic mass is 32.2. The number of nitrogens with zero attached hydrogens (tertiary/aromatic N) is 2. The van der Waals surface area contributed by atoms with E-state index in [2.05, 4.69) is 5.32 Å². The summed E-state index contributed by atoms with van der Waals surface area (Å²) in [6.07, 6.45) is 0. The molecular formula is C6H11N2O3S2. The molecule has 2 atom stereocenters. The van der Waals surface area contributed by atoms with E-state index in [0.29, 0.717) is 24.7 Å². The van der Waals surface area contributed by atoms with Crippen molar-refractivity contribution < 1.29 is 13.0 Å². The molecule has 2 heterocycles. The Kier molecular flexibility index (Phi) is 2.54. The van der Waals surface area contributed by atoms with E-state index in [9.17, 15) is 13.0 Å². The van der Waals surface area contributed by atoms with E-state index in [0.717, 1.165) is 0 Å². The SMILES string of the molecule is O=S1(=O)CC[N]C1N1CC[S+]([O-])C1. The van der Waals surface area contributed by atoms with Crippen molar-refractivity contribution >= 4 is 21.0 Å². The lowest BCUT2D eigenvalue weighted by Gasteiger charge is -2.18. The molecule has 0 amide bonds. The summed E-state index contributed by atoms with van der Waals surface area (Å²) in [6, 6.07) is 0. The lowest BCUT2D eigenvalue weighted by molar-refractivity contribution is 0.290. The maximum Gasteiger partial charge on any atom is 0.184 e. The fourth-order valence-corrected chi connectivity index (χ4v) is 4.40. The van der Waals surface area contributed by atoms with Gasteiger partial charge in [0.1, 0.15) is 5.75 Å². The first-order valence-electron chi connectivity index (χ1n) is 4.07. The van der Waals surface area contributed by atoms with Gasteiger partial charge in [-0.15, -0.1) is 0 Å². The molecule has 2 unspecified atom stereocenters. The van der Waals surface area contributed by atoms with Crippen LogP contribution in [0.5, 0.6) is 0 Å². The van der Waals surface area contributed by atoms with Crippen molar-refractivity contribution in [3.63, 3.8) is 0 Å². The Labute approximate surface area is 80.6 Å². The molecular weight excluding hydrogens is 212 g/mol. The molecule has 7 heteroatoms. The molecule has 13 heavy (non-hydrogen) atoms. The maximum atomic E-state index is 11.4. The number of sulfone groups is 1. The predicted molar refractivity (Wildman–Crippen MR) is 49.2 cm³/mol. The molecule has 2 saturated heterocycles. The zero-order chi connectivity index (χ0) is 9.47. The highest BCUT2D eigenvalue weighted by Crippen LogP contribution is 2.18. The summed E-state index contributed by atoms with van der Waals surface area (Å²) in [6.45, 7) is 0.968. The van der Waals surface area contributed by atoms with Crippen LogP contribution in [0.2, 0.25) is 0 Å². The van der Waals surface area contributed by atoms with Gasteiger partial charge < -0.3 is 4.55 Å². The maximum absolute atomic E-state index is 11.4. The van der Waals surface area contributed by atoms with Crippen LogP contribution in [0.3, 0.4) is 0 Å².